The molecule has 19 heavy (non-hydrogen) atoms. The Kier molecular flexibility index (Phi) is 5.11. The van der Waals surface area contributed by atoms with E-state index in [0.717, 1.165) is 26.1 Å². The molecule has 2 saturated heterocycles. The molecule has 0 bridgehead atoms. The molecule has 0 radical (unpaired) electrons. The fourth-order valence-electron chi connectivity index (χ4n) is 3.00. The average Bonchev–Trinajstić information content (AvgIpc) is 2.34. The second kappa shape index (κ2) is 6.43. The summed E-state index contributed by atoms with van der Waals surface area (Å²) in [6.07, 6.45) is -1.38. The van der Waals surface area contributed by atoms with E-state index in [1.807, 2.05) is 11.8 Å². The van der Waals surface area contributed by atoms with Crippen molar-refractivity contribution in [1.29, 1.82) is 0 Å². The van der Waals surface area contributed by atoms with Crippen molar-refractivity contribution in [2.45, 2.75) is 25.8 Å². The standard InChI is InChI=1S/C13H24F2N2O2/c1-2-11-5-16(3-4-17(11)6-12(14)15)7-13(8-18)9-19-10-13/h11-12,18H,2-10H2,1H3. The first kappa shape index (κ1) is 15.1. The van der Waals surface area contributed by atoms with Crippen molar-refractivity contribution in [3.8, 4) is 0 Å². The lowest BCUT2D eigenvalue weighted by Gasteiger charge is -2.47. The quantitative estimate of drug-likeness (QED) is 0.774. The smallest absolute Gasteiger partial charge is 0.251 e. The van der Waals surface area contributed by atoms with Gasteiger partial charge < -0.3 is 9.84 Å². The van der Waals surface area contributed by atoms with Crippen LogP contribution in [-0.2, 0) is 4.74 Å². The van der Waals surface area contributed by atoms with Gasteiger partial charge in [-0.25, -0.2) is 8.78 Å². The van der Waals surface area contributed by atoms with E-state index in [1.54, 1.807) is 0 Å². The molecule has 0 aromatic carbocycles. The highest BCUT2D eigenvalue weighted by Crippen LogP contribution is 2.29. The van der Waals surface area contributed by atoms with Crippen LogP contribution in [0.1, 0.15) is 13.3 Å². The SMILES string of the molecule is CCC1CN(CC2(CO)COC2)CCN1CC(F)F. The Bertz CT molecular complexity index is 282. The third-order valence-electron chi connectivity index (χ3n) is 4.24. The largest absolute Gasteiger partial charge is 0.396 e. The molecule has 0 aromatic heterocycles. The van der Waals surface area contributed by atoms with Gasteiger partial charge in [0.05, 0.1) is 31.8 Å². The molecule has 2 aliphatic rings. The van der Waals surface area contributed by atoms with E-state index in [-0.39, 0.29) is 24.6 Å². The molecule has 2 rings (SSSR count). The van der Waals surface area contributed by atoms with Crippen LogP contribution in [0, 0.1) is 5.41 Å². The van der Waals surface area contributed by atoms with E-state index in [1.165, 1.54) is 0 Å². The van der Waals surface area contributed by atoms with Gasteiger partial charge in [0.25, 0.3) is 6.43 Å². The summed E-state index contributed by atoms with van der Waals surface area (Å²) in [5, 5.41) is 9.44. The highest BCUT2D eigenvalue weighted by atomic mass is 19.3. The zero-order valence-electron chi connectivity index (χ0n) is 11.5. The molecule has 1 atom stereocenters. The molecule has 0 saturated carbocycles. The maximum Gasteiger partial charge on any atom is 0.251 e. The summed E-state index contributed by atoms with van der Waals surface area (Å²) in [5.41, 5.74) is -0.122. The highest BCUT2D eigenvalue weighted by Gasteiger charge is 2.41. The third kappa shape index (κ3) is 3.62. The van der Waals surface area contributed by atoms with Crippen LogP contribution in [0.4, 0.5) is 8.78 Å². The van der Waals surface area contributed by atoms with Gasteiger partial charge in [0, 0.05) is 32.2 Å². The van der Waals surface area contributed by atoms with E-state index in [4.69, 9.17) is 4.74 Å². The summed E-state index contributed by atoms with van der Waals surface area (Å²) in [7, 11) is 0. The number of hydrogen-bond donors (Lipinski definition) is 1. The molecule has 4 nitrogen and oxygen atoms in total. The predicted molar refractivity (Wildman–Crippen MR) is 68.4 cm³/mol. The molecule has 2 aliphatic heterocycles. The number of aliphatic hydroxyl groups is 1. The molecular formula is C13H24F2N2O2. The first-order valence-corrected chi connectivity index (χ1v) is 7.02. The Morgan fingerprint density at radius 3 is 2.58 bits per heavy atom. The number of piperazine rings is 1. The minimum Gasteiger partial charge on any atom is -0.396 e. The Labute approximate surface area is 113 Å². The molecule has 2 heterocycles. The molecule has 6 heteroatoms. The van der Waals surface area contributed by atoms with Crippen LogP contribution < -0.4 is 0 Å². The van der Waals surface area contributed by atoms with Gasteiger partial charge >= 0.3 is 0 Å². The number of aliphatic hydroxyl groups excluding tert-OH is 1. The summed E-state index contributed by atoms with van der Waals surface area (Å²) in [6.45, 7) is 6.38. The fourth-order valence-corrected chi connectivity index (χ4v) is 3.00. The number of nitrogens with zero attached hydrogens (tertiary/aromatic N) is 2. The van der Waals surface area contributed by atoms with Crippen molar-refractivity contribution >= 4 is 0 Å². The van der Waals surface area contributed by atoms with Crippen LogP contribution in [0.3, 0.4) is 0 Å². The Hall–Kier alpha value is -0.300. The van der Waals surface area contributed by atoms with E-state index in [2.05, 4.69) is 4.90 Å². The Morgan fingerprint density at radius 2 is 2.11 bits per heavy atom. The molecule has 1 unspecified atom stereocenters. The lowest BCUT2D eigenvalue weighted by atomic mass is 9.86. The van der Waals surface area contributed by atoms with Crippen molar-refractivity contribution in [2.24, 2.45) is 5.41 Å². The topological polar surface area (TPSA) is 35.9 Å². The molecule has 112 valence electrons. The summed E-state index contributed by atoms with van der Waals surface area (Å²) < 4.78 is 30.2. The van der Waals surface area contributed by atoms with Crippen LogP contribution in [0.5, 0.6) is 0 Å². The molecule has 0 aromatic rings. The van der Waals surface area contributed by atoms with Crippen LogP contribution in [-0.4, -0.2) is 79.9 Å². The van der Waals surface area contributed by atoms with Gasteiger partial charge in [-0.15, -0.1) is 0 Å². The van der Waals surface area contributed by atoms with Crippen molar-refractivity contribution in [2.75, 3.05) is 52.5 Å². The van der Waals surface area contributed by atoms with E-state index < -0.39 is 6.43 Å². The van der Waals surface area contributed by atoms with Crippen molar-refractivity contribution in [3.05, 3.63) is 0 Å². The number of alkyl halides is 2. The summed E-state index contributed by atoms with van der Waals surface area (Å²) in [6, 6.07) is 0.194. The normalized spacial score (nSPS) is 28.6. The minimum absolute atomic E-state index is 0.122. The maximum absolute atomic E-state index is 12.5. The van der Waals surface area contributed by atoms with Crippen molar-refractivity contribution in [3.63, 3.8) is 0 Å². The van der Waals surface area contributed by atoms with E-state index in [0.29, 0.717) is 19.8 Å². The zero-order chi connectivity index (χ0) is 13.9. The summed E-state index contributed by atoms with van der Waals surface area (Å²) in [5.74, 6) is 0. The van der Waals surface area contributed by atoms with Gasteiger partial charge in [0.2, 0.25) is 0 Å². The Morgan fingerprint density at radius 1 is 1.37 bits per heavy atom. The van der Waals surface area contributed by atoms with E-state index >= 15 is 0 Å². The van der Waals surface area contributed by atoms with E-state index in [9.17, 15) is 13.9 Å². The molecule has 0 amide bonds. The highest BCUT2D eigenvalue weighted by molar-refractivity contribution is 4.91. The molecule has 2 fully saturated rings. The predicted octanol–water partition coefficient (Wildman–Crippen LogP) is 0.657. The van der Waals surface area contributed by atoms with Crippen LogP contribution >= 0.6 is 0 Å². The lowest BCUT2D eigenvalue weighted by molar-refractivity contribution is -0.152. The van der Waals surface area contributed by atoms with Crippen molar-refractivity contribution in [1.82, 2.24) is 9.80 Å². The summed E-state index contributed by atoms with van der Waals surface area (Å²) >= 11 is 0. The molecular weight excluding hydrogens is 254 g/mol. The second-order valence-corrected chi connectivity index (χ2v) is 5.83. The number of halogens is 2. The fraction of sp³-hybridized carbons (Fsp3) is 1.00. The number of rotatable bonds is 6. The summed E-state index contributed by atoms with van der Waals surface area (Å²) in [4.78, 5) is 4.18. The lowest BCUT2D eigenvalue weighted by Crippen LogP contribution is -2.59. The van der Waals surface area contributed by atoms with Gasteiger partial charge in [-0.3, -0.25) is 9.80 Å². The minimum atomic E-state index is -2.26. The molecule has 0 aliphatic carbocycles. The third-order valence-corrected chi connectivity index (χ3v) is 4.24. The monoisotopic (exact) mass is 278 g/mol. The van der Waals surface area contributed by atoms with Crippen molar-refractivity contribution < 1.29 is 18.6 Å². The second-order valence-electron chi connectivity index (χ2n) is 5.83. The number of ether oxygens (including phenoxy) is 1. The van der Waals surface area contributed by atoms with Crippen LogP contribution in [0.15, 0.2) is 0 Å². The molecule has 1 N–H and O–H groups in total. The van der Waals surface area contributed by atoms with Gasteiger partial charge in [-0.05, 0) is 6.42 Å². The van der Waals surface area contributed by atoms with Crippen LogP contribution in [0.2, 0.25) is 0 Å². The Balaban J connectivity index is 1.86. The van der Waals surface area contributed by atoms with Gasteiger partial charge in [-0.2, -0.15) is 0 Å². The first-order valence-electron chi connectivity index (χ1n) is 7.02. The molecule has 0 spiro atoms. The van der Waals surface area contributed by atoms with Gasteiger partial charge in [-0.1, -0.05) is 6.92 Å². The number of hydrogen-bond acceptors (Lipinski definition) is 4. The maximum atomic E-state index is 12.5. The first-order chi connectivity index (χ1) is 9.08. The van der Waals surface area contributed by atoms with Gasteiger partial charge in [0.15, 0.2) is 0 Å². The zero-order valence-corrected chi connectivity index (χ0v) is 11.5. The average molecular weight is 278 g/mol. The van der Waals surface area contributed by atoms with Crippen LogP contribution in [0.25, 0.3) is 0 Å². The van der Waals surface area contributed by atoms with Gasteiger partial charge in [0.1, 0.15) is 0 Å².